The van der Waals surface area contributed by atoms with Gasteiger partial charge in [-0.3, -0.25) is 9.59 Å². The first-order valence-corrected chi connectivity index (χ1v) is 5.83. The Kier molecular flexibility index (Phi) is 7.69. The van der Waals surface area contributed by atoms with Gasteiger partial charge in [-0.05, 0) is 25.8 Å². The molecule has 5 N–H and O–H groups in total. The van der Waals surface area contributed by atoms with Crippen LogP contribution in [-0.2, 0) is 14.4 Å². The highest BCUT2D eigenvalue weighted by Crippen LogP contribution is 2.05. The Morgan fingerprint density at radius 1 is 1.22 bits per heavy atom. The van der Waals surface area contributed by atoms with Gasteiger partial charge in [-0.25, -0.2) is 4.79 Å². The Morgan fingerprint density at radius 3 is 2.28 bits per heavy atom. The van der Waals surface area contributed by atoms with E-state index in [0.717, 1.165) is 0 Å². The molecule has 0 aromatic heterocycles. The number of hydrogen-bond donors (Lipinski definition) is 4. The lowest BCUT2D eigenvalue weighted by Gasteiger charge is -2.16. The highest BCUT2D eigenvalue weighted by atomic mass is 16.4. The fourth-order valence-corrected chi connectivity index (χ4v) is 1.42. The van der Waals surface area contributed by atoms with Gasteiger partial charge in [0, 0.05) is 5.92 Å². The van der Waals surface area contributed by atoms with Crippen molar-refractivity contribution in [3.63, 3.8) is 0 Å². The van der Waals surface area contributed by atoms with E-state index in [-0.39, 0.29) is 12.8 Å². The minimum absolute atomic E-state index is 0.290. The molecule has 0 heterocycles. The Balaban J connectivity index is 4.26. The van der Waals surface area contributed by atoms with Gasteiger partial charge in [0.1, 0.15) is 6.04 Å². The second kappa shape index (κ2) is 8.46. The molecular formula is C11H20N2O5. The van der Waals surface area contributed by atoms with Gasteiger partial charge >= 0.3 is 11.9 Å². The van der Waals surface area contributed by atoms with Crippen molar-refractivity contribution in [2.75, 3.05) is 6.54 Å². The molecule has 0 aliphatic heterocycles. The van der Waals surface area contributed by atoms with Crippen molar-refractivity contribution < 1.29 is 24.6 Å². The molecule has 0 bridgehead atoms. The monoisotopic (exact) mass is 260 g/mol. The van der Waals surface area contributed by atoms with Gasteiger partial charge in [-0.1, -0.05) is 6.92 Å². The summed E-state index contributed by atoms with van der Waals surface area (Å²) in [6.45, 7) is 1.91. The van der Waals surface area contributed by atoms with Crippen LogP contribution in [-0.4, -0.2) is 40.6 Å². The van der Waals surface area contributed by atoms with Gasteiger partial charge in [-0.2, -0.15) is 0 Å². The maximum atomic E-state index is 11.6. The Bertz CT molecular complexity index is 306. The van der Waals surface area contributed by atoms with E-state index in [4.69, 9.17) is 15.9 Å². The molecule has 7 heteroatoms. The van der Waals surface area contributed by atoms with Crippen molar-refractivity contribution in [1.29, 1.82) is 0 Å². The van der Waals surface area contributed by atoms with Crippen LogP contribution >= 0.6 is 0 Å². The SMILES string of the molecule is CC(CC(=O)O)C(=O)N[C@@H](CCCCN)C(=O)O. The molecule has 0 aromatic rings. The van der Waals surface area contributed by atoms with E-state index in [1.54, 1.807) is 0 Å². The predicted octanol–water partition coefficient (Wildman–Crippen LogP) is -0.204. The van der Waals surface area contributed by atoms with Crippen LogP contribution in [0.15, 0.2) is 0 Å². The van der Waals surface area contributed by atoms with E-state index in [1.165, 1.54) is 6.92 Å². The second-order valence-electron chi connectivity index (χ2n) is 4.18. The van der Waals surface area contributed by atoms with Crippen molar-refractivity contribution in [3.05, 3.63) is 0 Å². The Labute approximate surface area is 105 Å². The van der Waals surface area contributed by atoms with Crippen molar-refractivity contribution in [2.45, 2.75) is 38.6 Å². The van der Waals surface area contributed by atoms with Crippen molar-refractivity contribution in [2.24, 2.45) is 11.7 Å². The van der Waals surface area contributed by atoms with E-state index >= 15 is 0 Å². The largest absolute Gasteiger partial charge is 0.481 e. The quantitative estimate of drug-likeness (QED) is 0.425. The summed E-state index contributed by atoms with van der Waals surface area (Å²) in [4.78, 5) is 32.9. The van der Waals surface area contributed by atoms with Gasteiger partial charge in [0.15, 0.2) is 0 Å². The average Bonchev–Trinajstić information content (AvgIpc) is 2.26. The summed E-state index contributed by atoms with van der Waals surface area (Å²) >= 11 is 0. The minimum Gasteiger partial charge on any atom is -0.481 e. The normalized spacial score (nSPS) is 13.7. The molecule has 104 valence electrons. The number of carbonyl (C=O) groups excluding carboxylic acids is 1. The molecule has 0 saturated heterocycles. The molecule has 18 heavy (non-hydrogen) atoms. The summed E-state index contributed by atoms with van der Waals surface area (Å²) < 4.78 is 0. The zero-order valence-corrected chi connectivity index (χ0v) is 10.4. The second-order valence-corrected chi connectivity index (χ2v) is 4.18. The number of carboxylic acid groups (broad SMARTS) is 2. The number of nitrogens with one attached hydrogen (secondary N) is 1. The molecule has 2 atom stereocenters. The van der Waals surface area contributed by atoms with E-state index in [9.17, 15) is 14.4 Å². The first kappa shape index (κ1) is 16.4. The van der Waals surface area contributed by atoms with Gasteiger partial charge in [0.25, 0.3) is 0 Å². The van der Waals surface area contributed by atoms with Gasteiger partial charge < -0.3 is 21.3 Å². The smallest absolute Gasteiger partial charge is 0.326 e. The summed E-state index contributed by atoms with van der Waals surface area (Å²) in [5, 5.41) is 19.8. The van der Waals surface area contributed by atoms with E-state index < -0.39 is 29.8 Å². The van der Waals surface area contributed by atoms with E-state index in [0.29, 0.717) is 19.4 Å². The number of amides is 1. The van der Waals surface area contributed by atoms with Crippen LogP contribution in [0, 0.1) is 5.92 Å². The van der Waals surface area contributed by atoms with Crippen molar-refractivity contribution in [1.82, 2.24) is 5.32 Å². The average molecular weight is 260 g/mol. The van der Waals surface area contributed by atoms with Gasteiger partial charge in [0.2, 0.25) is 5.91 Å². The molecule has 0 aliphatic carbocycles. The topological polar surface area (TPSA) is 130 Å². The number of carboxylic acids is 2. The standard InChI is InChI=1S/C11H20N2O5/c1-7(6-9(14)15)10(16)13-8(11(17)18)4-2-3-5-12/h7-8H,2-6,12H2,1H3,(H,13,16)(H,14,15)(H,17,18)/t7?,8-/m0/s1. The van der Waals surface area contributed by atoms with Crippen LogP contribution in [0.3, 0.4) is 0 Å². The molecule has 7 nitrogen and oxygen atoms in total. The van der Waals surface area contributed by atoms with E-state index in [2.05, 4.69) is 5.32 Å². The highest BCUT2D eigenvalue weighted by Gasteiger charge is 2.23. The molecule has 0 spiro atoms. The molecule has 0 fully saturated rings. The Morgan fingerprint density at radius 2 is 1.83 bits per heavy atom. The lowest BCUT2D eigenvalue weighted by Crippen LogP contribution is -2.43. The number of rotatable bonds is 9. The first-order chi connectivity index (χ1) is 8.38. The molecule has 0 aromatic carbocycles. The van der Waals surface area contributed by atoms with Crippen molar-refractivity contribution >= 4 is 17.8 Å². The highest BCUT2D eigenvalue weighted by molar-refractivity contribution is 5.86. The molecule has 0 rings (SSSR count). The molecule has 1 amide bonds. The summed E-state index contributed by atoms with van der Waals surface area (Å²) in [5.41, 5.74) is 5.30. The third-order valence-electron chi connectivity index (χ3n) is 2.49. The van der Waals surface area contributed by atoms with Gasteiger partial charge in [0.05, 0.1) is 6.42 Å². The minimum atomic E-state index is -1.12. The number of carbonyl (C=O) groups is 3. The number of unbranched alkanes of at least 4 members (excludes halogenated alkanes) is 1. The molecule has 0 radical (unpaired) electrons. The summed E-state index contributed by atoms with van der Waals surface area (Å²) in [6.07, 6.45) is 1.25. The maximum absolute atomic E-state index is 11.6. The predicted molar refractivity (Wildman–Crippen MR) is 63.9 cm³/mol. The van der Waals surface area contributed by atoms with Crippen LogP contribution in [0.2, 0.25) is 0 Å². The van der Waals surface area contributed by atoms with Crippen molar-refractivity contribution in [3.8, 4) is 0 Å². The van der Waals surface area contributed by atoms with Gasteiger partial charge in [-0.15, -0.1) is 0 Å². The zero-order valence-electron chi connectivity index (χ0n) is 10.4. The molecular weight excluding hydrogens is 240 g/mol. The van der Waals surface area contributed by atoms with E-state index in [1.807, 2.05) is 0 Å². The van der Waals surface area contributed by atoms with Crippen LogP contribution in [0.1, 0.15) is 32.6 Å². The van der Waals surface area contributed by atoms with Crippen LogP contribution < -0.4 is 11.1 Å². The summed E-state index contributed by atoms with van der Waals surface area (Å²) in [6, 6.07) is -0.986. The lowest BCUT2D eigenvalue weighted by molar-refractivity contribution is -0.143. The zero-order chi connectivity index (χ0) is 14.1. The van der Waals surface area contributed by atoms with Crippen LogP contribution in [0.25, 0.3) is 0 Å². The molecule has 0 aliphatic rings. The molecule has 1 unspecified atom stereocenters. The first-order valence-electron chi connectivity index (χ1n) is 5.83. The third-order valence-corrected chi connectivity index (χ3v) is 2.49. The molecule has 0 saturated carbocycles. The lowest BCUT2D eigenvalue weighted by atomic mass is 10.1. The fraction of sp³-hybridized carbons (Fsp3) is 0.727. The number of aliphatic carboxylic acids is 2. The maximum Gasteiger partial charge on any atom is 0.326 e. The van der Waals surface area contributed by atoms with Crippen LogP contribution in [0.5, 0.6) is 0 Å². The Hall–Kier alpha value is -1.63. The number of hydrogen-bond acceptors (Lipinski definition) is 4. The summed E-state index contributed by atoms with van der Waals surface area (Å²) in [5.74, 6) is -3.52. The number of nitrogens with two attached hydrogens (primary N) is 1. The van der Waals surface area contributed by atoms with Crippen LogP contribution in [0.4, 0.5) is 0 Å². The summed E-state index contributed by atoms with van der Waals surface area (Å²) in [7, 11) is 0. The third kappa shape index (κ3) is 6.85. The fourth-order valence-electron chi connectivity index (χ4n) is 1.42.